The molecule has 0 aromatic heterocycles. The first-order chi connectivity index (χ1) is 6.70. The van der Waals surface area contributed by atoms with Crippen LogP contribution in [0.25, 0.3) is 0 Å². The van der Waals surface area contributed by atoms with Gasteiger partial charge in [-0.3, -0.25) is 4.79 Å². The Kier molecular flexibility index (Phi) is 2.15. The number of benzene rings is 1. The van der Waals surface area contributed by atoms with Crippen LogP contribution in [0.3, 0.4) is 0 Å². The van der Waals surface area contributed by atoms with E-state index >= 15 is 0 Å². The highest BCUT2D eigenvalue weighted by atomic mass is 16.1. The van der Waals surface area contributed by atoms with Crippen LogP contribution in [0.2, 0.25) is 0 Å². The minimum atomic E-state index is -0.244. The number of fused-ring (bicyclic) bond motifs is 1. The number of rotatable bonds is 1. The average molecular weight is 189 g/mol. The highest BCUT2D eigenvalue weighted by molar-refractivity contribution is 5.84. The summed E-state index contributed by atoms with van der Waals surface area (Å²) in [6.07, 6.45) is 1.71. The molecule has 0 saturated carbocycles. The molecule has 0 spiro atoms. The SMILES string of the molecule is CN1c2cc[c]cc2CCC1C(N)=O. The van der Waals surface area contributed by atoms with Crippen LogP contribution in [0.5, 0.6) is 0 Å². The van der Waals surface area contributed by atoms with Gasteiger partial charge in [0.15, 0.2) is 0 Å². The van der Waals surface area contributed by atoms with Gasteiger partial charge in [0.2, 0.25) is 5.91 Å². The fourth-order valence-corrected chi connectivity index (χ4v) is 1.99. The minimum absolute atomic E-state index is 0.162. The lowest BCUT2D eigenvalue weighted by molar-refractivity contribution is -0.119. The number of anilines is 1. The summed E-state index contributed by atoms with van der Waals surface area (Å²) < 4.78 is 0. The molecule has 3 nitrogen and oxygen atoms in total. The van der Waals surface area contributed by atoms with Gasteiger partial charge in [-0.05, 0) is 36.6 Å². The Morgan fingerprint density at radius 2 is 2.50 bits per heavy atom. The number of hydrogen-bond donors (Lipinski definition) is 1. The van der Waals surface area contributed by atoms with Gasteiger partial charge in [0.05, 0.1) is 0 Å². The number of amides is 1. The number of carbonyl (C=O) groups excluding carboxylic acids is 1. The van der Waals surface area contributed by atoms with Crippen LogP contribution in [-0.2, 0) is 11.2 Å². The molecular weight excluding hydrogens is 176 g/mol. The van der Waals surface area contributed by atoms with Crippen molar-refractivity contribution in [2.24, 2.45) is 5.73 Å². The first-order valence-corrected chi connectivity index (χ1v) is 4.71. The van der Waals surface area contributed by atoms with E-state index in [9.17, 15) is 4.79 Å². The molecule has 1 radical (unpaired) electrons. The van der Waals surface area contributed by atoms with Crippen LogP contribution in [0, 0.1) is 6.07 Å². The molecule has 1 aliphatic heterocycles. The summed E-state index contributed by atoms with van der Waals surface area (Å²) >= 11 is 0. The zero-order valence-electron chi connectivity index (χ0n) is 8.16. The Labute approximate surface area is 83.5 Å². The van der Waals surface area contributed by atoms with Crippen LogP contribution < -0.4 is 10.6 Å². The van der Waals surface area contributed by atoms with Crippen molar-refractivity contribution >= 4 is 11.6 Å². The second-order valence-electron chi connectivity index (χ2n) is 3.62. The van der Waals surface area contributed by atoms with Gasteiger partial charge in [-0.2, -0.15) is 0 Å². The van der Waals surface area contributed by atoms with E-state index in [1.807, 2.05) is 30.1 Å². The molecule has 0 saturated heterocycles. The number of likely N-dealkylation sites (N-methyl/N-ethyl adjacent to an activating group) is 1. The number of nitrogens with zero attached hydrogens (tertiary/aromatic N) is 1. The Morgan fingerprint density at radius 3 is 3.21 bits per heavy atom. The first-order valence-electron chi connectivity index (χ1n) is 4.71. The van der Waals surface area contributed by atoms with Gasteiger partial charge in [-0.25, -0.2) is 0 Å². The summed E-state index contributed by atoms with van der Waals surface area (Å²) in [5.41, 5.74) is 7.67. The quantitative estimate of drug-likeness (QED) is 0.707. The first kappa shape index (κ1) is 9.06. The lowest BCUT2D eigenvalue weighted by Crippen LogP contribution is -2.45. The average Bonchev–Trinajstić information content (AvgIpc) is 2.18. The molecule has 2 rings (SSSR count). The Bertz CT molecular complexity index is 362. The fraction of sp³-hybridized carbons (Fsp3) is 0.364. The van der Waals surface area contributed by atoms with E-state index in [4.69, 9.17) is 5.73 Å². The molecule has 1 aromatic carbocycles. The molecule has 1 unspecified atom stereocenters. The van der Waals surface area contributed by atoms with Crippen molar-refractivity contribution in [3.63, 3.8) is 0 Å². The zero-order chi connectivity index (χ0) is 10.1. The Morgan fingerprint density at radius 1 is 1.71 bits per heavy atom. The summed E-state index contributed by atoms with van der Waals surface area (Å²) in [6, 6.07) is 8.69. The third-order valence-corrected chi connectivity index (χ3v) is 2.79. The third-order valence-electron chi connectivity index (χ3n) is 2.79. The maximum absolute atomic E-state index is 11.1. The fourth-order valence-electron chi connectivity index (χ4n) is 1.99. The van der Waals surface area contributed by atoms with E-state index in [0.717, 1.165) is 18.5 Å². The number of carbonyl (C=O) groups is 1. The van der Waals surface area contributed by atoms with Crippen LogP contribution in [0.4, 0.5) is 5.69 Å². The van der Waals surface area contributed by atoms with E-state index in [1.54, 1.807) is 0 Å². The highest BCUT2D eigenvalue weighted by Gasteiger charge is 2.26. The molecule has 2 N–H and O–H groups in total. The summed E-state index contributed by atoms with van der Waals surface area (Å²) in [7, 11) is 1.91. The monoisotopic (exact) mass is 189 g/mol. The van der Waals surface area contributed by atoms with Gasteiger partial charge in [0, 0.05) is 12.7 Å². The Hall–Kier alpha value is -1.51. The van der Waals surface area contributed by atoms with Gasteiger partial charge in [0.1, 0.15) is 6.04 Å². The van der Waals surface area contributed by atoms with E-state index in [0.29, 0.717) is 0 Å². The predicted molar refractivity (Wildman–Crippen MR) is 55.0 cm³/mol. The lowest BCUT2D eigenvalue weighted by atomic mass is 9.96. The standard InChI is InChI=1S/C11H13N2O/c1-13-9-5-3-2-4-8(9)6-7-10(13)11(12)14/h3-5,10H,6-7H2,1H3,(H2,12,14). The van der Waals surface area contributed by atoms with E-state index in [2.05, 4.69) is 6.07 Å². The van der Waals surface area contributed by atoms with Crippen molar-refractivity contribution in [1.82, 2.24) is 0 Å². The number of primary amides is 1. The largest absolute Gasteiger partial charge is 0.368 e. The van der Waals surface area contributed by atoms with Gasteiger partial charge in [0.25, 0.3) is 0 Å². The van der Waals surface area contributed by atoms with Gasteiger partial charge < -0.3 is 10.6 Å². The molecule has 14 heavy (non-hydrogen) atoms. The van der Waals surface area contributed by atoms with Crippen molar-refractivity contribution in [2.45, 2.75) is 18.9 Å². The van der Waals surface area contributed by atoms with Crippen LogP contribution >= 0.6 is 0 Å². The maximum atomic E-state index is 11.1. The third kappa shape index (κ3) is 1.35. The molecule has 0 aliphatic carbocycles. The molecule has 0 fully saturated rings. The minimum Gasteiger partial charge on any atom is -0.368 e. The Balaban J connectivity index is 2.36. The van der Waals surface area contributed by atoms with Gasteiger partial charge >= 0.3 is 0 Å². The van der Waals surface area contributed by atoms with Crippen molar-refractivity contribution < 1.29 is 4.79 Å². The number of nitrogens with two attached hydrogens (primary N) is 1. The number of aryl methyl sites for hydroxylation is 1. The van der Waals surface area contributed by atoms with Crippen LogP contribution in [-0.4, -0.2) is 19.0 Å². The normalized spacial score (nSPS) is 20.4. The topological polar surface area (TPSA) is 46.3 Å². The van der Waals surface area contributed by atoms with Crippen LogP contribution in [0.15, 0.2) is 18.2 Å². The molecule has 1 atom stereocenters. The molecule has 0 bridgehead atoms. The smallest absolute Gasteiger partial charge is 0.240 e. The zero-order valence-corrected chi connectivity index (χ0v) is 8.16. The molecule has 1 aliphatic rings. The molecule has 1 amide bonds. The molecular formula is C11H13N2O. The van der Waals surface area contributed by atoms with Crippen LogP contribution in [0.1, 0.15) is 12.0 Å². The lowest BCUT2D eigenvalue weighted by Gasteiger charge is -2.33. The van der Waals surface area contributed by atoms with Crippen molar-refractivity contribution in [3.8, 4) is 0 Å². The summed E-state index contributed by atoms with van der Waals surface area (Å²) in [5, 5.41) is 0. The molecule has 73 valence electrons. The predicted octanol–water partition coefficient (Wildman–Crippen LogP) is 0.723. The van der Waals surface area contributed by atoms with Crippen molar-refractivity contribution in [1.29, 1.82) is 0 Å². The van der Waals surface area contributed by atoms with Crippen molar-refractivity contribution in [3.05, 3.63) is 29.8 Å². The van der Waals surface area contributed by atoms with Gasteiger partial charge in [-0.1, -0.05) is 6.07 Å². The molecule has 3 heteroatoms. The molecule has 1 aromatic rings. The van der Waals surface area contributed by atoms with E-state index in [1.165, 1.54) is 5.56 Å². The highest BCUT2D eigenvalue weighted by Crippen LogP contribution is 2.28. The van der Waals surface area contributed by atoms with Gasteiger partial charge in [-0.15, -0.1) is 0 Å². The van der Waals surface area contributed by atoms with E-state index < -0.39 is 0 Å². The maximum Gasteiger partial charge on any atom is 0.240 e. The summed E-state index contributed by atoms with van der Waals surface area (Å²) in [5.74, 6) is -0.244. The second kappa shape index (κ2) is 3.33. The second-order valence-corrected chi connectivity index (χ2v) is 3.62. The number of hydrogen-bond acceptors (Lipinski definition) is 2. The van der Waals surface area contributed by atoms with Crippen molar-refractivity contribution in [2.75, 3.05) is 11.9 Å². The summed E-state index contributed by atoms with van der Waals surface area (Å²) in [6.45, 7) is 0. The van der Waals surface area contributed by atoms with E-state index in [-0.39, 0.29) is 11.9 Å². The summed E-state index contributed by atoms with van der Waals surface area (Å²) in [4.78, 5) is 13.1. The molecule has 1 heterocycles.